The lowest BCUT2D eigenvalue weighted by atomic mass is 10.3. The summed E-state index contributed by atoms with van der Waals surface area (Å²) < 4.78 is 3.60. The minimum absolute atomic E-state index is 0.0653. The highest BCUT2D eigenvalue weighted by Gasteiger charge is 2.09. The second kappa shape index (κ2) is 7.03. The summed E-state index contributed by atoms with van der Waals surface area (Å²) in [5, 5.41) is 11.4. The van der Waals surface area contributed by atoms with Gasteiger partial charge < -0.3 is 10.2 Å². The van der Waals surface area contributed by atoms with E-state index in [9.17, 15) is 4.79 Å². The molecule has 0 aliphatic carbocycles. The number of carbonyl (C=O) groups excluding carboxylic acids is 1. The number of aromatic nitrogens is 4. The lowest BCUT2D eigenvalue weighted by Gasteiger charge is -2.16. The fourth-order valence-corrected chi connectivity index (χ4v) is 2.03. The summed E-state index contributed by atoms with van der Waals surface area (Å²) in [5.41, 5.74) is 2.17. The molecule has 2 aromatic rings. The highest BCUT2D eigenvalue weighted by molar-refractivity contribution is 5.77. The molecule has 0 spiro atoms. The molecule has 0 aliphatic rings. The Balaban J connectivity index is 1.66. The van der Waals surface area contributed by atoms with Gasteiger partial charge in [-0.3, -0.25) is 14.2 Å². The standard InChI is InChI=1S/C14H22N6O/c1-12-6-17-20(9-12)5-4-15-8-14(21)18(2)10-13-7-16-19(3)11-13/h6-7,9,11,15H,4-5,8,10H2,1-3H3. The van der Waals surface area contributed by atoms with E-state index in [0.29, 0.717) is 19.6 Å². The zero-order valence-corrected chi connectivity index (χ0v) is 12.8. The summed E-state index contributed by atoms with van der Waals surface area (Å²) in [6, 6.07) is 0. The molecule has 1 amide bonds. The Morgan fingerprint density at radius 3 is 2.76 bits per heavy atom. The largest absolute Gasteiger partial charge is 0.340 e. The van der Waals surface area contributed by atoms with Crippen LogP contribution in [-0.2, 0) is 24.9 Å². The average molecular weight is 290 g/mol. The van der Waals surface area contributed by atoms with Gasteiger partial charge in [0.15, 0.2) is 0 Å². The van der Waals surface area contributed by atoms with Gasteiger partial charge in [-0.05, 0) is 12.5 Å². The lowest BCUT2D eigenvalue weighted by Crippen LogP contribution is -2.36. The minimum Gasteiger partial charge on any atom is -0.340 e. The number of hydrogen-bond acceptors (Lipinski definition) is 4. The summed E-state index contributed by atoms with van der Waals surface area (Å²) in [6.45, 7) is 4.39. The van der Waals surface area contributed by atoms with Crippen molar-refractivity contribution in [3.63, 3.8) is 0 Å². The monoisotopic (exact) mass is 290 g/mol. The van der Waals surface area contributed by atoms with Crippen molar-refractivity contribution >= 4 is 5.91 Å². The van der Waals surface area contributed by atoms with E-state index >= 15 is 0 Å². The van der Waals surface area contributed by atoms with E-state index in [1.807, 2.05) is 37.2 Å². The quantitative estimate of drug-likeness (QED) is 0.738. The number of hydrogen-bond donors (Lipinski definition) is 1. The second-order valence-electron chi connectivity index (χ2n) is 5.23. The molecule has 0 aliphatic heterocycles. The van der Waals surface area contributed by atoms with Crippen LogP contribution in [0, 0.1) is 6.92 Å². The predicted octanol–water partition coefficient (Wildman–Crippen LogP) is 0.173. The van der Waals surface area contributed by atoms with Crippen LogP contribution in [-0.4, -0.2) is 50.5 Å². The molecule has 0 saturated heterocycles. The van der Waals surface area contributed by atoms with E-state index < -0.39 is 0 Å². The lowest BCUT2D eigenvalue weighted by molar-refractivity contribution is -0.129. The maximum Gasteiger partial charge on any atom is 0.236 e. The van der Waals surface area contributed by atoms with Crippen LogP contribution in [0.15, 0.2) is 24.8 Å². The van der Waals surface area contributed by atoms with Crippen molar-refractivity contribution < 1.29 is 4.79 Å². The molecular weight excluding hydrogens is 268 g/mol. The number of amides is 1. The zero-order chi connectivity index (χ0) is 15.2. The van der Waals surface area contributed by atoms with Gasteiger partial charge in [0.2, 0.25) is 5.91 Å². The van der Waals surface area contributed by atoms with Crippen LogP contribution in [0.2, 0.25) is 0 Å². The topological polar surface area (TPSA) is 68.0 Å². The van der Waals surface area contributed by atoms with Crippen molar-refractivity contribution in [2.24, 2.45) is 7.05 Å². The van der Waals surface area contributed by atoms with Crippen LogP contribution in [0.1, 0.15) is 11.1 Å². The van der Waals surface area contributed by atoms with Gasteiger partial charge in [0.25, 0.3) is 0 Å². The first-order valence-corrected chi connectivity index (χ1v) is 6.96. The molecule has 7 nitrogen and oxygen atoms in total. The third-order valence-corrected chi connectivity index (χ3v) is 3.16. The predicted molar refractivity (Wildman–Crippen MR) is 79.5 cm³/mol. The average Bonchev–Trinajstić information content (AvgIpc) is 3.03. The zero-order valence-electron chi connectivity index (χ0n) is 12.8. The maximum atomic E-state index is 12.0. The Labute approximate surface area is 124 Å². The fourth-order valence-electron chi connectivity index (χ4n) is 2.03. The van der Waals surface area contributed by atoms with Crippen molar-refractivity contribution in [3.05, 3.63) is 35.9 Å². The molecule has 0 saturated carbocycles. The molecule has 2 heterocycles. The van der Waals surface area contributed by atoms with Crippen molar-refractivity contribution in [1.29, 1.82) is 0 Å². The number of rotatable bonds is 7. The first-order chi connectivity index (χ1) is 10.0. The first kappa shape index (κ1) is 15.2. The summed E-state index contributed by atoms with van der Waals surface area (Å²) >= 11 is 0. The van der Waals surface area contributed by atoms with Gasteiger partial charge in [0.1, 0.15) is 0 Å². The van der Waals surface area contributed by atoms with Gasteiger partial charge in [-0.2, -0.15) is 10.2 Å². The molecular formula is C14H22N6O. The maximum absolute atomic E-state index is 12.0. The van der Waals surface area contributed by atoms with E-state index in [-0.39, 0.29) is 5.91 Å². The SMILES string of the molecule is Cc1cnn(CCNCC(=O)N(C)Cc2cnn(C)c2)c1. The molecule has 0 fully saturated rings. The third-order valence-electron chi connectivity index (χ3n) is 3.16. The Morgan fingerprint density at radius 2 is 2.14 bits per heavy atom. The molecule has 2 rings (SSSR count). The fraction of sp³-hybridized carbons (Fsp3) is 0.500. The second-order valence-corrected chi connectivity index (χ2v) is 5.23. The number of aryl methyl sites for hydroxylation is 2. The van der Waals surface area contributed by atoms with Gasteiger partial charge >= 0.3 is 0 Å². The van der Waals surface area contributed by atoms with Gasteiger partial charge in [-0.15, -0.1) is 0 Å². The molecule has 114 valence electrons. The van der Waals surface area contributed by atoms with Crippen LogP contribution < -0.4 is 5.32 Å². The highest BCUT2D eigenvalue weighted by atomic mass is 16.2. The molecule has 0 atom stereocenters. The van der Waals surface area contributed by atoms with Crippen LogP contribution >= 0.6 is 0 Å². The highest BCUT2D eigenvalue weighted by Crippen LogP contribution is 2.01. The van der Waals surface area contributed by atoms with Crippen molar-refractivity contribution in [1.82, 2.24) is 29.8 Å². The van der Waals surface area contributed by atoms with Crippen LogP contribution in [0.5, 0.6) is 0 Å². The van der Waals surface area contributed by atoms with Gasteiger partial charge in [-0.1, -0.05) is 0 Å². The molecule has 0 bridgehead atoms. The van der Waals surface area contributed by atoms with Gasteiger partial charge in [0, 0.05) is 45.1 Å². The summed E-state index contributed by atoms with van der Waals surface area (Å²) in [7, 11) is 3.66. The van der Waals surface area contributed by atoms with E-state index in [2.05, 4.69) is 15.5 Å². The summed E-state index contributed by atoms with van der Waals surface area (Å²) in [4.78, 5) is 13.7. The molecule has 0 aromatic carbocycles. The van der Waals surface area contributed by atoms with Gasteiger partial charge in [0.05, 0.1) is 25.5 Å². The summed E-state index contributed by atoms with van der Waals surface area (Å²) in [6.07, 6.45) is 7.50. The van der Waals surface area contributed by atoms with E-state index in [4.69, 9.17) is 0 Å². The number of carbonyl (C=O) groups is 1. The smallest absolute Gasteiger partial charge is 0.236 e. The van der Waals surface area contributed by atoms with Crippen LogP contribution in [0.25, 0.3) is 0 Å². The van der Waals surface area contributed by atoms with Crippen molar-refractivity contribution in [3.8, 4) is 0 Å². The van der Waals surface area contributed by atoms with E-state index in [1.54, 1.807) is 22.8 Å². The van der Waals surface area contributed by atoms with Crippen molar-refractivity contribution in [2.45, 2.75) is 20.0 Å². The number of nitrogens with one attached hydrogen (secondary N) is 1. The number of likely N-dealkylation sites (N-methyl/N-ethyl adjacent to an activating group) is 1. The Kier molecular flexibility index (Phi) is 5.10. The van der Waals surface area contributed by atoms with E-state index in [1.165, 1.54) is 0 Å². The molecule has 1 N–H and O–H groups in total. The molecule has 2 aromatic heterocycles. The molecule has 0 radical (unpaired) electrons. The molecule has 7 heteroatoms. The van der Waals surface area contributed by atoms with Gasteiger partial charge in [-0.25, -0.2) is 0 Å². The van der Waals surface area contributed by atoms with Crippen molar-refractivity contribution in [2.75, 3.05) is 20.1 Å². The van der Waals surface area contributed by atoms with E-state index in [0.717, 1.165) is 17.7 Å². The third kappa shape index (κ3) is 4.71. The Bertz CT molecular complexity index is 588. The molecule has 0 unspecified atom stereocenters. The Hall–Kier alpha value is -2.15. The number of nitrogens with zero attached hydrogens (tertiary/aromatic N) is 5. The Morgan fingerprint density at radius 1 is 1.33 bits per heavy atom. The molecule has 21 heavy (non-hydrogen) atoms. The minimum atomic E-state index is 0.0653. The normalized spacial score (nSPS) is 10.8. The van der Waals surface area contributed by atoms with Crippen LogP contribution in [0.3, 0.4) is 0 Å². The summed E-state index contributed by atoms with van der Waals surface area (Å²) in [5.74, 6) is 0.0653. The van der Waals surface area contributed by atoms with Crippen LogP contribution in [0.4, 0.5) is 0 Å². The first-order valence-electron chi connectivity index (χ1n) is 6.96.